The van der Waals surface area contributed by atoms with E-state index in [1.54, 1.807) is 0 Å². The summed E-state index contributed by atoms with van der Waals surface area (Å²) in [6.45, 7) is 4.01. The number of aromatic nitrogens is 1. The van der Waals surface area contributed by atoms with Gasteiger partial charge in [0.25, 0.3) is 0 Å². The summed E-state index contributed by atoms with van der Waals surface area (Å²) in [5.41, 5.74) is 2.15. The van der Waals surface area contributed by atoms with Gasteiger partial charge < -0.3 is 0 Å². The van der Waals surface area contributed by atoms with E-state index in [1.165, 1.54) is 3.57 Å². The van der Waals surface area contributed by atoms with Crippen LogP contribution in [0.3, 0.4) is 0 Å². The monoisotopic (exact) mass is 311 g/mol. The molecule has 0 aliphatic carbocycles. The minimum atomic E-state index is 1.05. The zero-order valence-electron chi connectivity index (χ0n) is 5.78. The molecule has 0 saturated heterocycles. The van der Waals surface area contributed by atoms with Crippen LogP contribution in [0.25, 0.3) is 0 Å². The molecule has 1 heterocycles. The fraction of sp³-hybridized carbons (Fsp3) is 0.286. The van der Waals surface area contributed by atoms with Crippen LogP contribution in [-0.4, -0.2) is 4.98 Å². The predicted octanol–water partition coefficient (Wildman–Crippen LogP) is 3.07. The van der Waals surface area contributed by atoms with Gasteiger partial charge in [0, 0.05) is 8.04 Å². The number of hydrogen-bond donors (Lipinski definition) is 0. The second-order valence-corrected chi connectivity index (χ2v) is 4.14. The molecule has 0 unspecified atom stereocenters. The lowest BCUT2D eigenvalue weighted by atomic mass is 10.3. The maximum atomic E-state index is 4.32. The van der Waals surface area contributed by atoms with Crippen LogP contribution in [0.1, 0.15) is 11.4 Å². The molecule has 0 bridgehead atoms. The van der Waals surface area contributed by atoms with Crippen molar-refractivity contribution in [1.82, 2.24) is 4.98 Å². The van der Waals surface area contributed by atoms with Crippen molar-refractivity contribution in [3.05, 3.63) is 25.5 Å². The lowest BCUT2D eigenvalue weighted by Crippen LogP contribution is -1.90. The van der Waals surface area contributed by atoms with Crippen molar-refractivity contribution in [1.29, 1.82) is 0 Å². The fourth-order valence-corrected chi connectivity index (χ4v) is 1.86. The first kappa shape index (κ1) is 8.46. The number of rotatable bonds is 0. The highest BCUT2D eigenvalue weighted by Crippen LogP contribution is 2.18. The average molecular weight is 312 g/mol. The maximum absolute atomic E-state index is 4.32. The fourth-order valence-electron chi connectivity index (χ4n) is 0.679. The first-order valence-electron chi connectivity index (χ1n) is 2.90. The van der Waals surface area contributed by atoms with Crippen LogP contribution in [-0.2, 0) is 0 Å². The molecule has 1 nitrogen and oxygen atoms in total. The normalized spacial score (nSPS) is 10.0. The van der Waals surface area contributed by atoms with Crippen LogP contribution in [0.4, 0.5) is 0 Å². The zero-order valence-corrected chi connectivity index (χ0v) is 9.52. The van der Waals surface area contributed by atoms with Crippen molar-refractivity contribution in [3.63, 3.8) is 0 Å². The Hall–Kier alpha value is 0.360. The van der Waals surface area contributed by atoms with Gasteiger partial charge in [-0.15, -0.1) is 0 Å². The van der Waals surface area contributed by atoms with Gasteiger partial charge in [-0.1, -0.05) is 0 Å². The molecule has 1 aromatic heterocycles. The molecule has 0 fully saturated rings. The lowest BCUT2D eigenvalue weighted by Gasteiger charge is -2.00. The van der Waals surface area contributed by atoms with Gasteiger partial charge in [0.1, 0.15) is 0 Å². The second kappa shape index (κ2) is 3.17. The molecule has 0 aliphatic heterocycles. The SMILES string of the molecule is Cc1nc(C)c(I)cc1Br. The molecule has 1 aromatic rings. The highest BCUT2D eigenvalue weighted by molar-refractivity contribution is 14.1. The van der Waals surface area contributed by atoms with Crippen molar-refractivity contribution in [2.45, 2.75) is 13.8 Å². The molecule has 0 radical (unpaired) electrons. The van der Waals surface area contributed by atoms with E-state index in [4.69, 9.17) is 0 Å². The molecular formula is C7H7BrIN. The van der Waals surface area contributed by atoms with Crippen LogP contribution >= 0.6 is 38.5 Å². The van der Waals surface area contributed by atoms with E-state index >= 15 is 0 Å². The summed E-state index contributed by atoms with van der Waals surface area (Å²) in [6, 6.07) is 2.08. The molecule has 10 heavy (non-hydrogen) atoms. The largest absolute Gasteiger partial charge is 0.256 e. The van der Waals surface area contributed by atoms with E-state index in [-0.39, 0.29) is 0 Å². The van der Waals surface area contributed by atoms with Crippen molar-refractivity contribution in [3.8, 4) is 0 Å². The van der Waals surface area contributed by atoms with Crippen molar-refractivity contribution < 1.29 is 0 Å². The minimum Gasteiger partial charge on any atom is -0.256 e. The molecule has 0 atom stereocenters. The Balaban J connectivity index is 3.28. The Morgan fingerprint density at radius 1 is 1.40 bits per heavy atom. The predicted molar refractivity (Wildman–Crippen MR) is 54.1 cm³/mol. The molecular weight excluding hydrogens is 305 g/mol. The summed E-state index contributed by atoms with van der Waals surface area (Å²) in [4.78, 5) is 4.32. The highest BCUT2D eigenvalue weighted by atomic mass is 127. The third-order valence-electron chi connectivity index (χ3n) is 1.28. The molecule has 0 N–H and O–H groups in total. The Labute approximate surface area is 82.5 Å². The van der Waals surface area contributed by atoms with Gasteiger partial charge in [-0.25, -0.2) is 0 Å². The Morgan fingerprint density at radius 3 is 2.50 bits per heavy atom. The number of nitrogens with zero attached hydrogens (tertiary/aromatic N) is 1. The minimum absolute atomic E-state index is 1.05. The third kappa shape index (κ3) is 1.69. The summed E-state index contributed by atoms with van der Waals surface area (Å²) in [6.07, 6.45) is 0. The molecule has 0 aliphatic rings. The summed E-state index contributed by atoms with van der Waals surface area (Å²) in [5, 5.41) is 0. The standard InChI is InChI=1S/C7H7BrIN/c1-4-6(8)3-7(9)5(2)10-4/h3H,1-2H3. The van der Waals surface area contributed by atoms with E-state index in [2.05, 4.69) is 49.6 Å². The van der Waals surface area contributed by atoms with Crippen LogP contribution in [0.5, 0.6) is 0 Å². The first-order valence-corrected chi connectivity index (χ1v) is 4.77. The van der Waals surface area contributed by atoms with E-state index in [1.807, 2.05) is 13.8 Å². The van der Waals surface area contributed by atoms with Gasteiger partial charge in [0.2, 0.25) is 0 Å². The number of halogens is 2. The summed E-state index contributed by atoms with van der Waals surface area (Å²) in [5.74, 6) is 0. The van der Waals surface area contributed by atoms with Gasteiger partial charge >= 0.3 is 0 Å². The van der Waals surface area contributed by atoms with Gasteiger partial charge in [-0.3, -0.25) is 4.98 Å². The van der Waals surface area contributed by atoms with E-state index < -0.39 is 0 Å². The summed E-state index contributed by atoms with van der Waals surface area (Å²) in [7, 11) is 0. The molecule has 0 spiro atoms. The van der Waals surface area contributed by atoms with Gasteiger partial charge in [-0.05, 0) is 58.4 Å². The smallest absolute Gasteiger partial charge is 0.0518 e. The van der Waals surface area contributed by atoms with Crippen LogP contribution in [0, 0.1) is 17.4 Å². The summed E-state index contributed by atoms with van der Waals surface area (Å²) >= 11 is 5.69. The average Bonchev–Trinajstić information content (AvgIpc) is 1.84. The molecule has 1 rings (SSSR count). The lowest BCUT2D eigenvalue weighted by molar-refractivity contribution is 1.09. The molecule has 3 heteroatoms. The number of hydrogen-bond acceptors (Lipinski definition) is 1. The molecule has 0 saturated carbocycles. The third-order valence-corrected chi connectivity index (χ3v) is 3.17. The van der Waals surface area contributed by atoms with Gasteiger partial charge in [0.15, 0.2) is 0 Å². The van der Waals surface area contributed by atoms with Crippen LogP contribution in [0.2, 0.25) is 0 Å². The maximum Gasteiger partial charge on any atom is 0.0518 e. The van der Waals surface area contributed by atoms with Crippen LogP contribution in [0.15, 0.2) is 10.5 Å². The van der Waals surface area contributed by atoms with E-state index in [0.29, 0.717) is 0 Å². The van der Waals surface area contributed by atoms with Crippen LogP contribution < -0.4 is 0 Å². The van der Waals surface area contributed by atoms with E-state index in [0.717, 1.165) is 15.9 Å². The Kier molecular flexibility index (Phi) is 2.68. The highest BCUT2D eigenvalue weighted by Gasteiger charge is 1.99. The molecule has 54 valence electrons. The summed E-state index contributed by atoms with van der Waals surface area (Å²) < 4.78 is 2.29. The van der Waals surface area contributed by atoms with Gasteiger partial charge in [0.05, 0.1) is 11.4 Å². The molecule has 0 amide bonds. The van der Waals surface area contributed by atoms with E-state index in [9.17, 15) is 0 Å². The Morgan fingerprint density at radius 2 is 2.00 bits per heavy atom. The second-order valence-electron chi connectivity index (χ2n) is 2.12. The number of aryl methyl sites for hydroxylation is 2. The number of pyridine rings is 1. The topological polar surface area (TPSA) is 12.9 Å². The quantitative estimate of drug-likeness (QED) is 0.671. The van der Waals surface area contributed by atoms with Crippen molar-refractivity contribution in [2.75, 3.05) is 0 Å². The van der Waals surface area contributed by atoms with Crippen molar-refractivity contribution in [2.24, 2.45) is 0 Å². The van der Waals surface area contributed by atoms with Crippen molar-refractivity contribution >= 4 is 38.5 Å². The zero-order chi connectivity index (χ0) is 7.72. The first-order chi connectivity index (χ1) is 4.61. The Bertz CT molecular complexity index is 210. The van der Waals surface area contributed by atoms with Gasteiger partial charge in [-0.2, -0.15) is 0 Å². The molecule has 0 aromatic carbocycles.